The highest BCUT2D eigenvalue weighted by atomic mass is 16.6. The van der Waals surface area contributed by atoms with Gasteiger partial charge in [0.05, 0.1) is 17.6 Å². The Balaban J connectivity index is 1.91. The summed E-state index contributed by atoms with van der Waals surface area (Å²) in [6, 6.07) is 14.7. The Morgan fingerprint density at radius 3 is 2.39 bits per heavy atom. The zero-order chi connectivity index (χ0) is 20.3. The average Bonchev–Trinajstić information content (AvgIpc) is 3.11. The van der Waals surface area contributed by atoms with Crippen molar-refractivity contribution < 1.29 is 19.4 Å². The van der Waals surface area contributed by atoms with Gasteiger partial charge < -0.3 is 15.2 Å². The summed E-state index contributed by atoms with van der Waals surface area (Å²) in [5, 5.41) is 16.3. The molecule has 0 saturated carbocycles. The van der Waals surface area contributed by atoms with Gasteiger partial charge in [0.2, 0.25) is 0 Å². The van der Waals surface area contributed by atoms with E-state index in [0.717, 1.165) is 4.68 Å². The van der Waals surface area contributed by atoms with Crippen molar-refractivity contribution in [1.82, 2.24) is 9.78 Å². The van der Waals surface area contributed by atoms with E-state index in [0.29, 0.717) is 22.5 Å². The van der Waals surface area contributed by atoms with Gasteiger partial charge in [0.25, 0.3) is 5.91 Å². The topological polar surface area (TPSA) is 93.5 Å². The normalized spacial score (nSPS) is 11.1. The fraction of sp³-hybridized carbons (Fsp3) is 0.190. The first-order chi connectivity index (χ1) is 13.2. The van der Waals surface area contributed by atoms with Crippen LogP contribution in [0.15, 0.2) is 60.8 Å². The second kappa shape index (κ2) is 7.56. The van der Waals surface area contributed by atoms with Crippen LogP contribution in [0.2, 0.25) is 0 Å². The molecule has 0 radical (unpaired) electrons. The SMILES string of the molecule is CC(C)(C)OC(=O)n1nccc1-c1ccccc1NC(=O)c1ccc(O)cc1. The Morgan fingerprint density at radius 2 is 1.71 bits per heavy atom. The van der Waals surface area contributed by atoms with Crippen molar-refractivity contribution in [2.75, 3.05) is 5.32 Å². The summed E-state index contributed by atoms with van der Waals surface area (Å²) in [5.74, 6) is -0.256. The van der Waals surface area contributed by atoms with E-state index < -0.39 is 11.7 Å². The molecule has 3 rings (SSSR count). The van der Waals surface area contributed by atoms with Crippen LogP contribution in [0.3, 0.4) is 0 Å². The molecule has 0 aliphatic carbocycles. The first kappa shape index (κ1) is 19.2. The molecular weight excluding hydrogens is 358 g/mol. The van der Waals surface area contributed by atoms with E-state index in [1.807, 2.05) is 0 Å². The largest absolute Gasteiger partial charge is 0.508 e. The molecule has 0 spiro atoms. The third-order valence-electron chi connectivity index (χ3n) is 3.79. The minimum atomic E-state index is -0.660. The Bertz CT molecular complexity index is 1000. The third kappa shape index (κ3) is 4.37. The number of para-hydroxylation sites is 1. The van der Waals surface area contributed by atoms with E-state index in [-0.39, 0.29) is 11.7 Å². The van der Waals surface area contributed by atoms with Crippen LogP contribution >= 0.6 is 0 Å². The number of aromatic hydroxyl groups is 1. The minimum Gasteiger partial charge on any atom is -0.508 e. The van der Waals surface area contributed by atoms with Crippen molar-refractivity contribution in [2.24, 2.45) is 0 Å². The Morgan fingerprint density at radius 1 is 1.04 bits per heavy atom. The number of ether oxygens (including phenoxy) is 1. The summed E-state index contributed by atoms with van der Waals surface area (Å²) >= 11 is 0. The first-order valence-electron chi connectivity index (χ1n) is 8.72. The standard InChI is InChI=1S/C21H21N3O4/c1-21(2,3)28-20(27)24-18(12-13-22-24)16-6-4-5-7-17(16)23-19(26)14-8-10-15(25)11-9-14/h4-13,25H,1-3H3,(H,23,26). The number of nitrogens with zero attached hydrogens (tertiary/aromatic N) is 2. The van der Waals surface area contributed by atoms with Gasteiger partial charge >= 0.3 is 6.09 Å². The van der Waals surface area contributed by atoms with Gasteiger partial charge in [0.1, 0.15) is 11.4 Å². The molecule has 3 aromatic rings. The maximum Gasteiger partial charge on any atom is 0.435 e. The number of anilines is 1. The maximum absolute atomic E-state index is 12.5. The molecule has 0 unspecified atom stereocenters. The lowest BCUT2D eigenvalue weighted by Gasteiger charge is -2.20. The van der Waals surface area contributed by atoms with Crippen LogP contribution in [0.25, 0.3) is 11.3 Å². The van der Waals surface area contributed by atoms with Crippen molar-refractivity contribution >= 4 is 17.7 Å². The monoisotopic (exact) mass is 379 g/mol. The second-order valence-corrected chi connectivity index (χ2v) is 7.16. The molecule has 0 fully saturated rings. The predicted octanol–water partition coefficient (Wildman–Crippen LogP) is 4.29. The molecule has 0 atom stereocenters. The van der Waals surface area contributed by atoms with E-state index in [4.69, 9.17) is 4.74 Å². The van der Waals surface area contributed by atoms with Gasteiger partial charge in [-0.1, -0.05) is 18.2 Å². The van der Waals surface area contributed by atoms with Gasteiger partial charge in [-0.3, -0.25) is 4.79 Å². The van der Waals surface area contributed by atoms with Crippen molar-refractivity contribution in [3.05, 3.63) is 66.4 Å². The van der Waals surface area contributed by atoms with Crippen LogP contribution in [0.5, 0.6) is 5.75 Å². The number of benzene rings is 2. The molecule has 1 aromatic heterocycles. The van der Waals surface area contributed by atoms with Gasteiger partial charge in [0, 0.05) is 11.1 Å². The van der Waals surface area contributed by atoms with Crippen molar-refractivity contribution in [3.8, 4) is 17.0 Å². The van der Waals surface area contributed by atoms with Crippen LogP contribution in [0.4, 0.5) is 10.5 Å². The van der Waals surface area contributed by atoms with Crippen LogP contribution < -0.4 is 5.32 Å². The smallest absolute Gasteiger partial charge is 0.435 e. The van der Waals surface area contributed by atoms with Gasteiger partial charge in [-0.2, -0.15) is 9.78 Å². The Kier molecular flexibility index (Phi) is 5.17. The molecule has 0 saturated heterocycles. The number of phenols is 1. The zero-order valence-corrected chi connectivity index (χ0v) is 15.8. The van der Waals surface area contributed by atoms with E-state index in [2.05, 4.69) is 10.4 Å². The molecule has 7 heteroatoms. The van der Waals surface area contributed by atoms with Crippen molar-refractivity contribution in [3.63, 3.8) is 0 Å². The Labute approximate surface area is 162 Å². The number of amides is 1. The summed E-state index contributed by atoms with van der Waals surface area (Å²) in [6.45, 7) is 5.33. The minimum absolute atomic E-state index is 0.0817. The summed E-state index contributed by atoms with van der Waals surface area (Å²) in [6.07, 6.45) is 0.893. The molecule has 0 aliphatic rings. The zero-order valence-electron chi connectivity index (χ0n) is 15.8. The molecule has 2 aromatic carbocycles. The molecule has 1 heterocycles. The van der Waals surface area contributed by atoms with Crippen LogP contribution in [-0.2, 0) is 4.74 Å². The van der Waals surface area contributed by atoms with Crippen LogP contribution in [0, 0.1) is 0 Å². The van der Waals surface area contributed by atoms with Gasteiger partial charge in [-0.25, -0.2) is 4.79 Å². The summed E-state index contributed by atoms with van der Waals surface area (Å²) < 4.78 is 6.56. The quantitative estimate of drug-likeness (QED) is 0.708. The molecule has 144 valence electrons. The van der Waals surface area contributed by atoms with Crippen LogP contribution in [-0.4, -0.2) is 32.5 Å². The average molecular weight is 379 g/mol. The van der Waals surface area contributed by atoms with E-state index >= 15 is 0 Å². The van der Waals surface area contributed by atoms with Crippen LogP contribution in [0.1, 0.15) is 31.1 Å². The lowest BCUT2D eigenvalue weighted by atomic mass is 10.1. The molecular formula is C21H21N3O4. The van der Waals surface area contributed by atoms with Gasteiger partial charge in [-0.15, -0.1) is 0 Å². The lowest BCUT2D eigenvalue weighted by molar-refractivity contribution is 0.0518. The molecule has 28 heavy (non-hydrogen) atoms. The molecule has 0 bridgehead atoms. The fourth-order valence-corrected chi connectivity index (χ4v) is 2.58. The van der Waals surface area contributed by atoms with E-state index in [9.17, 15) is 14.7 Å². The van der Waals surface area contributed by atoms with Crippen molar-refractivity contribution in [1.29, 1.82) is 0 Å². The summed E-state index contributed by atoms with van der Waals surface area (Å²) in [5.41, 5.74) is 1.38. The highest BCUT2D eigenvalue weighted by Crippen LogP contribution is 2.28. The van der Waals surface area contributed by atoms with Gasteiger partial charge in [-0.05, 0) is 57.2 Å². The highest BCUT2D eigenvalue weighted by molar-refractivity contribution is 6.06. The number of nitrogens with one attached hydrogen (secondary N) is 1. The molecule has 2 N–H and O–H groups in total. The summed E-state index contributed by atoms with van der Waals surface area (Å²) in [4.78, 5) is 25.0. The fourth-order valence-electron chi connectivity index (χ4n) is 2.58. The first-order valence-corrected chi connectivity index (χ1v) is 8.72. The predicted molar refractivity (Wildman–Crippen MR) is 105 cm³/mol. The number of hydrogen-bond donors (Lipinski definition) is 2. The highest BCUT2D eigenvalue weighted by Gasteiger charge is 2.22. The number of carbonyl (C=O) groups excluding carboxylic acids is 2. The molecule has 1 amide bonds. The van der Waals surface area contributed by atoms with E-state index in [1.54, 1.807) is 51.1 Å². The summed E-state index contributed by atoms with van der Waals surface area (Å²) in [7, 11) is 0. The lowest BCUT2D eigenvalue weighted by Crippen LogP contribution is -2.28. The second-order valence-electron chi connectivity index (χ2n) is 7.16. The molecule has 7 nitrogen and oxygen atoms in total. The number of phenolic OH excluding ortho intramolecular Hbond substituents is 1. The maximum atomic E-state index is 12.5. The molecule has 0 aliphatic heterocycles. The number of aromatic nitrogens is 2. The van der Waals surface area contributed by atoms with Gasteiger partial charge in [0.15, 0.2) is 0 Å². The third-order valence-corrected chi connectivity index (χ3v) is 3.79. The number of carbonyl (C=O) groups is 2. The number of hydrogen-bond acceptors (Lipinski definition) is 5. The van der Waals surface area contributed by atoms with E-state index in [1.165, 1.54) is 30.5 Å². The Hall–Kier alpha value is -3.61. The number of rotatable bonds is 3. The van der Waals surface area contributed by atoms with Crippen molar-refractivity contribution in [2.45, 2.75) is 26.4 Å².